The Kier molecular flexibility index (Phi) is 6.55. The van der Waals surface area contributed by atoms with Crippen LogP contribution < -0.4 is 10.1 Å². The highest BCUT2D eigenvalue weighted by atomic mass is 16.6. The number of nitro benzene ring substituents is 1. The Labute approximate surface area is 175 Å². The SMILES string of the molecule is COc1ccc2[nH]c(O)c(N=NC(=O)CCCNC(=O)c3cccc([N+](=O)[O-])c3)c2c1. The molecule has 3 rings (SSSR count). The van der Waals surface area contributed by atoms with Crippen molar-refractivity contribution in [1.29, 1.82) is 0 Å². The van der Waals surface area contributed by atoms with Crippen molar-refractivity contribution in [2.24, 2.45) is 10.2 Å². The van der Waals surface area contributed by atoms with Crippen LogP contribution in [0.3, 0.4) is 0 Å². The second kappa shape index (κ2) is 9.48. The predicted octanol–water partition coefficient (Wildman–Crippen LogP) is 3.61. The number of carbonyl (C=O) groups is 2. The summed E-state index contributed by atoms with van der Waals surface area (Å²) < 4.78 is 5.14. The van der Waals surface area contributed by atoms with Gasteiger partial charge >= 0.3 is 0 Å². The highest BCUT2D eigenvalue weighted by molar-refractivity contribution is 5.95. The largest absolute Gasteiger partial charge is 0.497 e. The number of amides is 2. The van der Waals surface area contributed by atoms with Crippen LogP contribution >= 0.6 is 0 Å². The number of fused-ring (bicyclic) bond motifs is 1. The fourth-order valence-corrected chi connectivity index (χ4v) is 2.83. The Bertz CT molecular complexity index is 1170. The molecule has 0 unspecified atom stereocenters. The molecule has 1 heterocycles. The molecule has 0 fully saturated rings. The van der Waals surface area contributed by atoms with E-state index in [0.717, 1.165) is 0 Å². The Morgan fingerprint density at radius 1 is 1.26 bits per heavy atom. The second-order valence-electron chi connectivity index (χ2n) is 6.49. The van der Waals surface area contributed by atoms with Crippen molar-refractivity contribution in [2.45, 2.75) is 12.8 Å². The molecule has 0 saturated carbocycles. The number of azo groups is 1. The molecule has 3 N–H and O–H groups in total. The summed E-state index contributed by atoms with van der Waals surface area (Å²) in [6.07, 6.45) is 0.317. The number of hydrogen-bond donors (Lipinski definition) is 3. The topological polar surface area (TPSA) is 159 Å². The molecule has 3 aromatic rings. The number of nitrogens with one attached hydrogen (secondary N) is 2. The Morgan fingerprint density at radius 3 is 2.81 bits per heavy atom. The lowest BCUT2D eigenvalue weighted by Gasteiger charge is -2.04. The zero-order valence-electron chi connectivity index (χ0n) is 16.5. The van der Waals surface area contributed by atoms with Gasteiger partial charge in [0.25, 0.3) is 17.5 Å². The summed E-state index contributed by atoms with van der Waals surface area (Å²) >= 11 is 0. The van der Waals surface area contributed by atoms with Gasteiger partial charge < -0.3 is 20.1 Å². The van der Waals surface area contributed by atoms with E-state index in [1.54, 1.807) is 18.2 Å². The van der Waals surface area contributed by atoms with E-state index in [-0.39, 0.29) is 35.8 Å². The number of aromatic hydroxyl groups is 1. The minimum absolute atomic E-state index is 0.0190. The van der Waals surface area contributed by atoms with E-state index in [0.29, 0.717) is 23.1 Å². The number of aromatic amines is 1. The standard InChI is InChI=1S/C20H19N5O6/c1-31-14-7-8-16-15(11-14)18(20(28)22-16)24-23-17(26)6-3-9-21-19(27)12-4-2-5-13(10-12)25(29)30/h2,4-5,7-8,10-11,22,28H,3,6,9H2,1H3,(H,21,27). The number of hydrogen-bond acceptors (Lipinski definition) is 7. The number of methoxy groups -OCH3 is 1. The van der Waals surface area contributed by atoms with Crippen LogP contribution in [0.25, 0.3) is 10.9 Å². The minimum atomic E-state index is -0.581. The smallest absolute Gasteiger partial charge is 0.270 e. The van der Waals surface area contributed by atoms with Crippen LogP contribution in [0, 0.1) is 10.1 Å². The molecule has 1 aromatic heterocycles. The summed E-state index contributed by atoms with van der Waals surface area (Å²) in [6, 6.07) is 10.4. The van der Waals surface area contributed by atoms with Crippen LogP contribution in [-0.4, -0.2) is 40.5 Å². The maximum atomic E-state index is 12.1. The number of H-pyrrole nitrogens is 1. The van der Waals surface area contributed by atoms with E-state index in [9.17, 15) is 24.8 Å². The van der Waals surface area contributed by atoms with Crippen molar-refractivity contribution in [1.82, 2.24) is 10.3 Å². The van der Waals surface area contributed by atoms with Crippen LogP contribution in [0.5, 0.6) is 11.6 Å². The zero-order chi connectivity index (χ0) is 22.4. The lowest BCUT2D eigenvalue weighted by atomic mass is 10.2. The number of benzene rings is 2. The van der Waals surface area contributed by atoms with Gasteiger partial charge in [-0.1, -0.05) is 6.07 Å². The third-order valence-electron chi connectivity index (χ3n) is 4.39. The monoisotopic (exact) mass is 425 g/mol. The number of aromatic nitrogens is 1. The van der Waals surface area contributed by atoms with Crippen molar-refractivity contribution in [3.63, 3.8) is 0 Å². The first-order valence-corrected chi connectivity index (χ1v) is 9.25. The average Bonchev–Trinajstić information content (AvgIpc) is 3.09. The van der Waals surface area contributed by atoms with Crippen molar-refractivity contribution < 1.29 is 24.4 Å². The van der Waals surface area contributed by atoms with E-state index in [1.165, 1.54) is 31.4 Å². The first kappa shape index (κ1) is 21.4. The Hall–Kier alpha value is -4.28. The quantitative estimate of drug-likeness (QED) is 0.216. The summed E-state index contributed by atoms with van der Waals surface area (Å²) in [6.45, 7) is 0.179. The summed E-state index contributed by atoms with van der Waals surface area (Å²) in [5.74, 6) is -0.658. The van der Waals surface area contributed by atoms with Crippen molar-refractivity contribution in [3.8, 4) is 11.6 Å². The maximum absolute atomic E-state index is 12.1. The molecular formula is C20H19N5O6. The van der Waals surface area contributed by atoms with Gasteiger partial charge in [-0.25, -0.2) is 0 Å². The molecule has 0 bridgehead atoms. The van der Waals surface area contributed by atoms with Gasteiger partial charge in [0.15, 0.2) is 5.69 Å². The van der Waals surface area contributed by atoms with Crippen molar-refractivity contribution >= 4 is 34.1 Å². The molecule has 0 spiro atoms. The number of non-ortho nitro benzene ring substituents is 1. The molecule has 2 amide bonds. The van der Waals surface area contributed by atoms with Crippen LogP contribution in [0.2, 0.25) is 0 Å². The highest BCUT2D eigenvalue weighted by Gasteiger charge is 2.13. The van der Waals surface area contributed by atoms with E-state index >= 15 is 0 Å². The summed E-state index contributed by atoms with van der Waals surface area (Å²) in [7, 11) is 1.51. The number of rotatable bonds is 8. The average molecular weight is 425 g/mol. The zero-order valence-corrected chi connectivity index (χ0v) is 16.5. The molecule has 2 aromatic carbocycles. The number of nitrogens with zero attached hydrogens (tertiary/aromatic N) is 3. The van der Waals surface area contributed by atoms with Gasteiger partial charge in [-0.2, -0.15) is 0 Å². The van der Waals surface area contributed by atoms with E-state index in [1.807, 2.05) is 0 Å². The molecule has 0 atom stereocenters. The van der Waals surface area contributed by atoms with Gasteiger partial charge in [0.2, 0.25) is 5.88 Å². The van der Waals surface area contributed by atoms with Crippen molar-refractivity contribution in [3.05, 3.63) is 58.1 Å². The van der Waals surface area contributed by atoms with Gasteiger partial charge in [-0.3, -0.25) is 19.7 Å². The summed E-state index contributed by atoms with van der Waals surface area (Å²) in [4.78, 5) is 37.0. The molecule has 0 radical (unpaired) electrons. The third kappa shape index (κ3) is 5.21. The van der Waals surface area contributed by atoms with Crippen molar-refractivity contribution in [2.75, 3.05) is 13.7 Å². The third-order valence-corrected chi connectivity index (χ3v) is 4.39. The summed E-state index contributed by atoms with van der Waals surface area (Å²) in [5, 5.41) is 31.4. The van der Waals surface area contributed by atoms with Crippen LogP contribution in [0.15, 0.2) is 52.7 Å². The molecule has 0 saturated heterocycles. The van der Waals surface area contributed by atoms with Gasteiger partial charge in [0.05, 0.1) is 17.5 Å². The van der Waals surface area contributed by atoms with Crippen LogP contribution in [0.4, 0.5) is 11.4 Å². The first-order valence-electron chi connectivity index (χ1n) is 9.25. The fraction of sp³-hybridized carbons (Fsp3) is 0.200. The molecule has 0 aliphatic carbocycles. The van der Waals surface area contributed by atoms with Gasteiger partial charge in [-0.15, -0.1) is 10.2 Å². The van der Waals surface area contributed by atoms with E-state index in [2.05, 4.69) is 20.5 Å². The lowest BCUT2D eigenvalue weighted by Crippen LogP contribution is -2.24. The van der Waals surface area contributed by atoms with E-state index in [4.69, 9.17) is 4.74 Å². The normalized spacial score (nSPS) is 11.0. The predicted molar refractivity (Wildman–Crippen MR) is 111 cm³/mol. The molecule has 0 aliphatic rings. The van der Waals surface area contributed by atoms with Crippen LogP contribution in [-0.2, 0) is 4.79 Å². The second-order valence-corrected chi connectivity index (χ2v) is 6.49. The molecule has 31 heavy (non-hydrogen) atoms. The number of carbonyl (C=O) groups excluding carboxylic acids is 2. The number of ether oxygens (including phenoxy) is 1. The van der Waals surface area contributed by atoms with Gasteiger partial charge in [0, 0.05) is 36.0 Å². The Balaban J connectivity index is 1.53. The molecule has 160 valence electrons. The fourth-order valence-electron chi connectivity index (χ4n) is 2.83. The highest BCUT2D eigenvalue weighted by Crippen LogP contribution is 2.37. The van der Waals surface area contributed by atoms with Crippen LogP contribution in [0.1, 0.15) is 23.2 Å². The molecule has 0 aliphatic heterocycles. The lowest BCUT2D eigenvalue weighted by molar-refractivity contribution is -0.384. The number of nitro groups is 1. The Morgan fingerprint density at radius 2 is 2.06 bits per heavy atom. The molecular weight excluding hydrogens is 406 g/mol. The molecule has 11 nitrogen and oxygen atoms in total. The first-order chi connectivity index (χ1) is 14.9. The minimum Gasteiger partial charge on any atom is -0.497 e. The maximum Gasteiger partial charge on any atom is 0.270 e. The van der Waals surface area contributed by atoms with Gasteiger partial charge in [-0.05, 0) is 30.7 Å². The summed E-state index contributed by atoms with van der Waals surface area (Å²) in [5.41, 5.74) is 0.719. The van der Waals surface area contributed by atoms with Gasteiger partial charge in [0.1, 0.15) is 5.75 Å². The van der Waals surface area contributed by atoms with E-state index < -0.39 is 16.7 Å². The molecule has 11 heteroatoms.